The van der Waals surface area contributed by atoms with Crippen LogP contribution in [0.25, 0.3) is 0 Å². The van der Waals surface area contributed by atoms with Crippen LogP contribution < -0.4 is 10.9 Å². The SMILES string of the molecule is Cc1ccc(C(=O)NC[C@H](c2ccccc2)N2CCOCC2)c(=O)[nH]1. The minimum absolute atomic E-state index is 0.0542. The fourth-order valence-electron chi connectivity index (χ4n) is 3.06. The quantitative estimate of drug-likeness (QED) is 0.864. The molecular weight excluding hydrogens is 318 g/mol. The molecule has 2 N–H and O–H groups in total. The van der Waals surface area contributed by atoms with E-state index in [-0.39, 0.29) is 23.1 Å². The molecule has 25 heavy (non-hydrogen) atoms. The molecule has 132 valence electrons. The van der Waals surface area contributed by atoms with E-state index in [9.17, 15) is 9.59 Å². The van der Waals surface area contributed by atoms with Crippen molar-refractivity contribution in [1.29, 1.82) is 0 Å². The number of carbonyl (C=O) groups excluding carboxylic acids is 1. The molecule has 1 aromatic heterocycles. The zero-order valence-electron chi connectivity index (χ0n) is 14.3. The Kier molecular flexibility index (Phi) is 5.63. The van der Waals surface area contributed by atoms with Crippen molar-refractivity contribution in [3.05, 3.63) is 69.6 Å². The van der Waals surface area contributed by atoms with Crippen LogP contribution >= 0.6 is 0 Å². The number of nitrogens with zero attached hydrogens (tertiary/aromatic N) is 1. The van der Waals surface area contributed by atoms with Gasteiger partial charge in [0.05, 0.1) is 19.3 Å². The second-order valence-electron chi connectivity index (χ2n) is 6.17. The lowest BCUT2D eigenvalue weighted by molar-refractivity contribution is 0.0162. The van der Waals surface area contributed by atoms with Crippen LogP contribution in [0.15, 0.2) is 47.3 Å². The monoisotopic (exact) mass is 341 g/mol. The van der Waals surface area contributed by atoms with Crippen molar-refractivity contribution in [1.82, 2.24) is 15.2 Å². The van der Waals surface area contributed by atoms with Crippen molar-refractivity contribution in [3.8, 4) is 0 Å². The predicted octanol–water partition coefficient (Wildman–Crippen LogP) is 1.49. The number of nitrogens with one attached hydrogen (secondary N) is 2. The van der Waals surface area contributed by atoms with Crippen molar-refractivity contribution in [2.24, 2.45) is 0 Å². The Hall–Kier alpha value is -2.44. The number of amides is 1. The fourth-order valence-corrected chi connectivity index (χ4v) is 3.06. The van der Waals surface area contributed by atoms with Gasteiger partial charge >= 0.3 is 0 Å². The Bertz CT molecular complexity index is 767. The number of morpholine rings is 1. The third-order valence-electron chi connectivity index (χ3n) is 4.43. The molecule has 0 bridgehead atoms. The van der Waals surface area contributed by atoms with Crippen LogP contribution in [0.1, 0.15) is 27.7 Å². The maximum absolute atomic E-state index is 12.4. The van der Waals surface area contributed by atoms with E-state index in [0.717, 1.165) is 24.3 Å². The van der Waals surface area contributed by atoms with Gasteiger partial charge < -0.3 is 15.0 Å². The normalized spacial score (nSPS) is 16.4. The Labute approximate surface area is 146 Å². The summed E-state index contributed by atoms with van der Waals surface area (Å²) in [5, 5.41) is 2.91. The van der Waals surface area contributed by atoms with Crippen molar-refractivity contribution in [2.45, 2.75) is 13.0 Å². The van der Waals surface area contributed by atoms with Gasteiger partial charge in [-0.05, 0) is 24.6 Å². The van der Waals surface area contributed by atoms with Crippen LogP contribution in [0.5, 0.6) is 0 Å². The third-order valence-corrected chi connectivity index (χ3v) is 4.43. The van der Waals surface area contributed by atoms with Gasteiger partial charge in [-0.3, -0.25) is 14.5 Å². The Morgan fingerprint density at radius 1 is 1.20 bits per heavy atom. The minimum atomic E-state index is -0.361. The van der Waals surface area contributed by atoms with E-state index in [1.165, 1.54) is 0 Å². The number of hydrogen-bond acceptors (Lipinski definition) is 4. The summed E-state index contributed by atoms with van der Waals surface area (Å²) in [5.41, 5.74) is 1.65. The molecule has 2 aromatic rings. The number of benzene rings is 1. The molecule has 1 saturated heterocycles. The zero-order valence-corrected chi connectivity index (χ0v) is 14.3. The molecule has 0 radical (unpaired) electrons. The Morgan fingerprint density at radius 3 is 2.60 bits per heavy atom. The molecule has 1 atom stereocenters. The van der Waals surface area contributed by atoms with Crippen LogP contribution in [0.4, 0.5) is 0 Å². The van der Waals surface area contributed by atoms with E-state index in [1.54, 1.807) is 19.1 Å². The molecule has 1 fully saturated rings. The van der Waals surface area contributed by atoms with E-state index in [0.29, 0.717) is 19.8 Å². The molecule has 0 unspecified atom stereocenters. The highest BCUT2D eigenvalue weighted by Gasteiger charge is 2.23. The lowest BCUT2D eigenvalue weighted by Gasteiger charge is -2.34. The van der Waals surface area contributed by atoms with Gasteiger partial charge in [-0.15, -0.1) is 0 Å². The molecule has 3 rings (SSSR count). The average Bonchev–Trinajstić information content (AvgIpc) is 2.63. The first-order valence-corrected chi connectivity index (χ1v) is 8.50. The van der Waals surface area contributed by atoms with Crippen molar-refractivity contribution in [3.63, 3.8) is 0 Å². The highest BCUT2D eigenvalue weighted by molar-refractivity contribution is 5.93. The summed E-state index contributed by atoms with van der Waals surface area (Å²) in [6.45, 7) is 5.24. The van der Waals surface area contributed by atoms with Gasteiger partial charge in [0.25, 0.3) is 11.5 Å². The lowest BCUT2D eigenvalue weighted by Crippen LogP contribution is -2.44. The standard InChI is InChI=1S/C19H23N3O3/c1-14-7-8-16(19(24)21-14)18(23)20-13-17(15-5-3-2-4-6-15)22-9-11-25-12-10-22/h2-8,17H,9-13H2,1H3,(H,20,23)(H,21,24)/t17-/m1/s1. The molecule has 1 aromatic carbocycles. The van der Waals surface area contributed by atoms with E-state index in [4.69, 9.17) is 4.74 Å². The summed E-state index contributed by atoms with van der Waals surface area (Å²) >= 11 is 0. The number of aryl methyl sites for hydroxylation is 1. The molecule has 2 heterocycles. The minimum Gasteiger partial charge on any atom is -0.379 e. The number of aromatic amines is 1. The van der Waals surface area contributed by atoms with Crippen LogP contribution in [0, 0.1) is 6.92 Å². The molecule has 0 spiro atoms. The van der Waals surface area contributed by atoms with Gasteiger partial charge in [-0.2, -0.15) is 0 Å². The molecule has 1 amide bonds. The summed E-state index contributed by atoms with van der Waals surface area (Å²) in [6, 6.07) is 13.4. The maximum atomic E-state index is 12.4. The summed E-state index contributed by atoms with van der Waals surface area (Å²) in [6.07, 6.45) is 0. The number of aromatic nitrogens is 1. The molecule has 1 aliphatic heterocycles. The van der Waals surface area contributed by atoms with Gasteiger partial charge in [-0.25, -0.2) is 0 Å². The van der Waals surface area contributed by atoms with Crippen LogP contribution in [0.2, 0.25) is 0 Å². The Balaban J connectivity index is 1.74. The molecule has 6 nitrogen and oxygen atoms in total. The smallest absolute Gasteiger partial charge is 0.260 e. The molecule has 6 heteroatoms. The van der Waals surface area contributed by atoms with Gasteiger partial charge in [0.2, 0.25) is 0 Å². The first-order valence-electron chi connectivity index (χ1n) is 8.50. The van der Waals surface area contributed by atoms with Crippen molar-refractivity contribution < 1.29 is 9.53 Å². The van der Waals surface area contributed by atoms with Gasteiger partial charge in [0.15, 0.2) is 0 Å². The second kappa shape index (κ2) is 8.09. The number of carbonyl (C=O) groups is 1. The fraction of sp³-hybridized carbons (Fsp3) is 0.368. The van der Waals surface area contributed by atoms with Gasteiger partial charge in [0.1, 0.15) is 5.56 Å². The highest BCUT2D eigenvalue weighted by atomic mass is 16.5. The first kappa shape index (κ1) is 17.4. The van der Waals surface area contributed by atoms with Crippen LogP contribution in [0.3, 0.4) is 0 Å². The molecular formula is C19H23N3O3. The Morgan fingerprint density at radius 2 is 1.92 bits per heavy atom. The third kappa shape index (κ3) is 4.35. The van der Waals surface area contributed by atoms with Crippen LogP contribution in [-0.2, 0) is 4.74 Å². The predicted molar refractivity (Wildman–Crippen MR) is 95.7 cm³/mol. The van der Waals surface area contributed by atoms with Gasteiger partial charge in [0, 0.05) is 25.3 Å². The maximum Gasteiger partial charge on any atom is 0.260 e. The summed E-state index contributed by atoms with van der Waals surface area (Å²) in [7, 11) is 0. The number of ether oxygens (including phenoxy) is 1. The topological polar surface area (TPSA) is 74.4 Å². The summed E-state index contributed by atoms with van der Waals surface area (Å²) in [5.74, 6) is -0.351. The zero-order chi connectivity index (χ0) is 17.6. The first-order chi connectivity index (χ1) is 12.1. The van der Waals surface area contributed by atoms with Crippen molar-refractivity contribution in [2.75, 3.05) is 32.8 Å². The number of pyridine rings is 1. The summed E-state index contributed by atoms with van der Waals surface area (Å²) in [4.78, 5) is 29.3. The van der Waals surface area contributed by atoms with E-state index in [1.807, 2.05) is 18.2 Å². The number of rotatable bonds is 5. The van der Waals surface area contributed by atoms with E-state index in [2.05, 4.69) is 27.3 Å². The van der Waals surface area contributed by atoms with E-state index >= 15 is 0 Å². The van der Waals surface area contributed by atoms with E-state index < -0.39 is 0 Å². The average molecular weight is 341 g/mol. The molecule has 0 saturated carbocycles. The molecule has 0 aliphatic carbocycles. The van der Waals surface area contributed by atoms with Gasteiger partial charge in [-0.1, -0.05) is 30.3 Å². The second-order valence-corrected chi connectivity index (χ2v) is 6.17. The number of H-pyrrole nitrogens is 1. The van der Waals surface area contributed by atoms with Crippen molar-refractivity contribution >= 4 is 5.91 Å². The lowest BCUT2D eigenvalue weighted by atomic mass is 10.0. The number of hydrogen-bond donors (Lipinski definition) is 2. The summed E-state index contributed by atoms with van der Waals surface area (Å²) < 4.78 is 5.43. The highest BCUT2D eigenvalue weighted by Crippen LogP contribution is 2.21. The largest absolute Gasteiger partial charge is 0.379 e. The van der Waals surface area contributed by atoms with Crippen LogP contribution in [-0.4, -0.2) is 48.6 Å². The molecule has 1 aliphatic rings.